The molecule has 2 nitrogen and oxygen atoms in total. The molecule has 10 heavy (non-hydrogen) atoms. The molecule has 1 saturated heterocycles. The molecule has 1 aliphatic heterocycles. The molecule has 0 saturated carbocycles. The fraction of sp³-hybridized carbons (Fsp3) is 1.00. The first-order valence-electron chi connectivity index (χ1n) is 4.20. The van der Waals surface area contributed by atoms with Crippen molar-refractivity contribution in [2.45, 2.75) is 13.3 Å². The summed E-state index contributed by atoms with van der Waals surface area (Å²) in [5.74, 6) is 0.810. The maximum atomic E-state index is 3.19. The second-order valence-electron chi connectivity index (χ2n) is 3.32. The highest BCUT2D eigenvalue weighted by atomic mass is 15.2. The molecule has 1 heterocycles. The molecule has 60 valence electrons. The van der Waals surface area contributed by atoms with Gasteiger partial charge in [0.15, 0.2) is 0 Å². The topological polar surface area (TPSA) is 15.3 Å². The largest absolute Gasteiger partial charge is 0.319 e. The van der Waals surface area contributed by atoms with Crippen LogP contribution in [0.3, 0.4) is 0 Å². The Labute approximate surface area is 63.6 Å². The Balaban J connectivity index is 1.99. The summed E-state index contributed by atoms with van der Waals surface area (Å²) in [5.41, 5.74) is 0. The van der Waals surface area contributed by atoms with Gasteiger partial charge in [-0.25, -0.2) is 0 Å². The lowest BCUT2D eigenvalue weighted by Crippen LogP contribution is -2.41. The molecule has 1 atom stereocenters. The summed E-state index contributed by atoms with van der Waals surface area (Å²) >= 11 is 0. The Kier molecular flexibility index (Phi) is 3.16. The van der Waals surface area contributed by atoms with E-state index >= 15 is 0 Å². The van der Waals surface area contributed by atoms with Crippen LogP contribution in [-0.2, 0) is 0 Å². The molecule has 1 unspecified atom stereocenters. The third-order valence-electron chi connectivity index (χ3n) is 2.07. The van der Waals surface area contributed by atoms with E-state index in [9.17, 15) is 0 Å². The van der Waals surface area contributed by atoms with Gasteiger partial charge in [0.25, 0.3) is 0 Å². The summed E-state index contributed by atoms with van der Waals surface area (Å²) in [6, 6.07) is 0. The minimum atomic E-state index is 0.810. The number of nitrogens with one attached hydrogen (secondary N) is 1. The molecule has 1 fully saturated rings. The van der Waals surface area contributed by atoms with Gasteiger partial charge in [0.1, 0.15) is 0 Å². The van der Waals surface area contributed by atoms with Crippen LogP contribution in [0.2, 0.25) is 0 Å². The second kappa shape index (κ2) is 3.94. The molecule has 1 rings (SSSR count). The predicted octanol–water partition coefficient (Wildman–Crippen LogP) is 0.548. The van der Waals surface area contributed by atoms with Crippen LogP contribution >= 0.6 is 0 Å². The summed E-state index contributed by atoms with van der Waals surface area (Å²) in [6.07, 6.45) is 1.41. The molecule has 0 aromatic carbocycles. The molecule has 0 radical (unpaired) electrons. The second-order valence-corrected chi connectivity index (χ2v) is 3.32. The molecule has 0 aromatic heterocycles. The van der Waals surface area contributed by atoms with E-state index in [4.69, 9.17) is 0 Å². The van der Waals surface area contributed by atoms with E-state index in [1.54, 1.807) is 0 Å². The molecule has 0 amide bonds. The van der Waals surface area contributed by atoms with Gasteiger partial charge in [-0.05, 0) is 39.0 Å². The smallest absolute Gasteiger partial charge is 0.00192 e. The van der Waals surface area contributed by atoms with Crippen LogP contribution in [-0.4, -0.2) is 38.1 Å². The number of rotatable bonds is 4. The first-order chi connectivity index (χ1) is 4.83. The Hall–Kier alpha value is -0.0800. The van der Waals surface area contributed by atoms with Gasteiger partial charge < -0.3 is 10.2 Å². The van der Waals surface area contributed by atoms with Gasteiger partial charge in [-0.15, -0.1) is 0 Å². The summed E-state index contributed by atoms with van der Waals surface area (Å²) < 4.78 is 0. The van der Waals surface area contributed by atoms with E-state index in [2.05, 4.69) is 17.1 Å². The van der Waals surface area contributed by atoms with Gasteiger partial charge in [0.05, 0.1) is 0 Å². The molecule has 1 N–H and O–H groups in total. The first-order valence-corrected chi connectivity index (χ1v) is 4.20. The van der Waals surface area contributed by atoms with Gasteiger partial charge in [-0.3, -0.25) is 0 Å². The summed E-state index contributed by atoms with van der Waals surface area (Å²) in [4.78, 5) is 2.52. The van der Waals surface area contributed by atoms with Gasteiger partial charge in [-0.2, -0.15) is 0 Å². The Morgan fingerprint density at radius 3 is 2.60 bits per heavy atom. The highest BCUT2D eigenvalue weighted by Gasteiger charge is 2.15. The zero-order chi connectivity index (χ0) is 7.40. The first kappa shape index (κ1) is 8.02. The molecule has 0 aliphatic carbocycles. The molecule has 0 aromatic rings. The van der Waals surface area contributed by atoms with Crippen molar-refractivity contribution in [2.75, 3.05) is 33.2 Å². The Morgan fingerprint density at radius 2 is 2.20 bits per heavy atom. The van der Waals surface area contributed by atoms with Crippen molar-refractivity contribution in [2.24, 2.45) is 5.92 Å². The standard InChI is InChI=1S/C8H18N2/c1-8(6-9-2)7-10-4-3-5-10/h8-9H,3-7H2,1-2H3. The molecule has 0 spiro atoms. The van der Waals surface area contributed by atoms with Crippen molar-refractivity contribution in [3.8, 4) is 0 Å². The lowest BCUT2D eigenvalue weighted by atomic mass is 10.1. The van der Waals surface area contributed by atoms with Gasteiger partial charge in [-0.1, -0.05) is 6.92 Å². The van der Waals surface area contributed by atoms with Crippen molar-refractivity contribution in [3.05, 3.63) is 0 Å². The molecule has 2 heteroatoms. The fourth-order valence-electron chi connectivity index (χ4n) is 1.42. The van der Waals surface area contributed by atoms with Crippen LogP contribution < -0.4 is 5.32 Å². The van der Waals surface area contributed by atoms with Crippen molar-refractivity contribution in [1.82, 2.24) is 10.2 Å². The lowest BCUT2D eigenvalue weighted by molar-refractivity contribution is 0.156. The summed E-state index contributed by atoms with van der Waals surface area (Å²) in [7, 11) is 2.02. The van der Waals surface area contributed by atoms with Crippen LogP contribution in [0.5, 0.6) is 0 Å². The number of nitrogens with zero attached hydrogens (tertiary/aromatic N) is 1. The molecule has 1 aliphatic rings. The Morgan fingerprint density at radius 1 is 1.50 bits per heavy atom. The molecular weight excluding hydrogens is 124 g/mol. The van der Waals surface area contributed by atoms with E-state index in [1.165, 1.54) is 26.1 Å². The highest BCUT2D eigenvalue weighted by Crippen LogP contribution is 2.08. The average molecular weight is 142 g/mol. The van der Waals surface area contributed by atoms with Crippen molar-refractivity contribution < 1.29 is 0 Å². The molecular formula is C8H18N2. The highest BCUT2D eigenvalue weighted by molar-refractivity contribution is 4.71. The van der Waals surface area contributed by atoms with E-state index in [-0.39, 0.29) is 0 Å². The lowest BCUT2D eigenvalue weighted by Gasteiger charge is -2.32. The summed E-state index contributed by atoms with van der Waals surface area (Å²) in [5, 5.41) is 3.19. The van der Waals surface area contributed by atoms with Crippen molar-refractivity contribution >= 4 is 0 Å². The van der Waals surface area contributed by atoms with E-state index < -0.39 is 0 Å². The van der Waals surface area contributed by atoms with Gasteiger partial charge in [0, 0.05) is 6.54 Å². The predicted molar refractivity (Wildman–Crippen MR) is 44.1 cm³/mol. The number of hydrogen-bond acceptors (Lipinski definition) is 2. The normalized spacial score (nSPS) is 22.2. The minimum Gasteiger partial charge on any atom is -0.319 e. The Bertz CT molecular complexity index is 89.3. The van der Waals surface area contributed by atoms with Crippen LogP contribution in [0.25, 0.3) is 0 Å². The monoisotopic (exact) mass is 142 g/mol. The van der Waals surface area contributed by atoms with Crippen LogP contribution in [0.15, 0.2) is 0 Å². The quantitative estimate of drug-likeness (QED) is 0.616. The van der Waals surface area contributed by atoms with Gasteiger partial charge in [0.2, 0.25) is 0 Å². The van der Waals surface area contributed by atoms with Crippen LogP contribution in [0.4, 0.5) is 0 Å². The van der Waals surface area contributed by atoms with E-state index in [0.717, 1.165) is 12.5 Å². The summed E-state index contributed by atoms with van der Waals surface area (Å²) in [6.45, 7) is 7.38. The van der Waals surface area contributed by atoms with Crippen molar-refractivity contribution in [3.63, 3.8) is 0 Å². The maximum Gasteiger partial charge on any atom is 0.00192 e. The van der Waals surface area contributed by atoms with E-state index in [0.29, 0.717) is 0 Å². The van der Waals surface area contributed by atoms with E-state index in [1.807, 2.05) is 7.05 Å². The van der Waals surface area contributed by atoms with Crippen LogP contribution in [0, 0.1) is 5.92 Å². The van der Waals surface area contributed by atoms with Crippen molar-refractivity contribution in [1.29, 1.82) is 0 Å². The third kappa shape index (κ3) is 2.27. The van der Waals surface area contributed by atoms with Gasteiger partial charge >= 0.3 is 0 Å². The zero-order valence-electron chi connectivity index (χ0n) is 7.06. The third-order valence-corrected chi connectivity index (χ3v) is 2.07. The molecule has 0 bridgehead atoms. The van der Waals surface area contributed by atoms with Crippen LogP contribution in [0.1, 0.15) is 13.3 Å². The SMILES string of the molecule is CNCC(C)CN1CCC1. The number of hydrogen-bond donors (Lipinski definition) is 1. The number of likely N-dealkylation sites (tertiary alicyclic amines) is 1. The maximum absolute atomic E-state index is 3.19. The zero-order valence-corrected chi connectivity index (χ0v) is 7.06. The minimum absolute atomic E-state index is 0.810. The fourth-order valence-corrected chi connectivity index (χ4v) is 1.42. The average Bonchev–Trinajstić information content (AvgIpc) is 1.80.